The molecule has 0 bridgehead atoms. The maximum absolute atomic E-state index is 13.1. The summed E-state index contributed by atoms with van der Waals surface area (Å²) in [5, 5.41) is 20.6. The van der Waals surface area contributed by atoms with Crippen LogP contribution in [0.4, 0.5) is 11.4 Å². The van der Waals surface area contributed by atoms with Crippen LogP contribution >= 0.6 is 11.3 Å². The Morgan fingerprint density at radius 3 is 2.52 bits per heavy atom. The van der Waals surface area contributed by atoms with E-state index in [1.807, 2.05) is 0 Å². The van der Waals surface area contributed by atoms with Gasteiger partial charge in [0.05, 0.1) is 17.8 Å². The zero-order chi connectivity index (χ0) is 32.3. The van der Waals surface area contributed by atoms with Crippen molar-refractivity contribution in [2.24, 2.45) is 5.41 Å². The molecule has 1 aliphatic rings. The van der Waals surface area contributed by atoms with Gasteiger partial charge in [0.1, 0.15) is 15.3 Å². The average Bonchev–Trinajstić information content (AvgIpc) is 3.61. The quantitative estimate of drug-likeness (QED) is 0.179. The van der Waals surface area contributed by atoms with Crippen molar-refractivity contribution in [3.8, 4) is 18.4 Å². The van der Waals surface area contributed by atoms with Gasteiger partial charge in [0.25, 0.3) is 17.4 Å². The predicted molar refractivity (Wildman–Crippen MR) is 172 cm³/mol. The van der Waals surface area contributed by atoms with Crippen LogP contribution in [0.3, 0.4) is 0 Å². The topological polar surface area (TPSA) is 148 Å². The molecule has 1 aromatic heterocycles. The number of benzene rings is 1. The fourth-order valence-corrected chi connectivity index (χ4v) is 5.19. The summed E-state index contributed by atoms with van der Waals surface area (Å²) in [6.45, 7) is 10.7. The van der Waals surface area contributed by atoms with Crippen LogP contribution in [-0.4, -0.2) is 59.9 Å². The molecule has 230 valence electrons. The monoisotopic (exact) mass is 615 g/mol. The first-order valence-corrected chi connectivity index (χ1v) is 15.1. The fourth-order valence-electron chi connectivity index (χ4n) is 4.20. The third-order valence-corrected chi connectivity index (χ3v) is 7.68. The Hall–Kier alpha value is -4.83. The Balaban J connectivity index is 1.92. The van der Waals surface area contributed by atoms with Gasteiger partial charge in [0, 0.05) is 36.9 Å². The molecule has 4 N–H and O–H groups in total. The van der Waals surface area contributed by atoms with Crippen LogP contribution < -0.4 is 36.0 Å². The molecule has 3 amide bonds. The minimum Gasteiger partial charge on any atom is -0.355 e. The predicted octanol–water partition coefficient (Wildman–Crippen LogP) is 1.32. The van der Waals surface area contributed by atoms with Gasteiger partial charge in [0.15, 0.2) is 5.57 Å². The summed E-state index contributed by atoms with van der Waals surface area (Å²) in [4.78, 5) is 53.3. The standard InChI is InChI=1S/C32H37N7O4S/c1-6-13-35-28(40)22(21-33)19-27-39(7-2)30(42)26(44-27)12-14-34-23-10-11-24(25(20-23)37-31(43)32(3,4)5)29(41)36-15-18-38-16-8-9-17-38/h1,10-11,14,20,34H,7-9,13,15-18H2,2-5H3,(H,35,40)(H,36,41)(H,37,43). The highest BCUT2D eigenvalue weighted by atomic mass is 32.1. The number of aromatic nitrogens is 1. The van der Waals surface area contributed by atoms with Crippen molar-refractivity contribution in [2.75, 3.05) is 43.4 Å². The largest absolute Gasteiger partial charge is 0.355 e. The van der Waals surface area contributed by atoms with Crippen molar-refractivity contribution < 1.29 is 14.4 Å². The molecule has 0 unspecified atom stereocenters. The molecule has 12 heteroatoms. The van der Waals surface area contributed by atoms with Crippen LogP contribution in [0.2, 0.25) is 0 Å². The molecule has 0 spiro atoms. The number of rotatable bonds is 10. The number of thiazole rings is 1. The van der Waals surface area contributed by atoms with Crippen molar-refractivity contribution >= 4 is 51.9 Å². The second kappa shape index (κ2) is 15.6. The minimum atomic E-state index is -0.685. The molecule has 44 heavy (non-hydrogen) atoms. The number of terminal acetylenes is 1. The summed E-state index contributed by atoms with van der Waals surface area (Å²) in [7, 11) is 0. The number of nitriles is 1. The third kappa shape index (κ3) is 9.08. The fraction of sp³-hybridized carbons (Fsp3) is 0.406. The van der Waals surface area contributed by atoms with E-state index in [9.17, 15) is 24.4 Å². The Morgan fingerprint density at radius 2 is 1.89 bits per heavy atom. The Bertz CT molecular complexity index is 1750. The highest BCUT2D eigenvalue weighted by molar-refractivity contribution is 7.07. The van der Waals surface area contributed by atoms with E-state index in [-0.39, 0.29) is 45.2 Å². The van der Waals surface area contributed by atoms with Gasteiger partial charge in [-0.2, -0.15) is 5.26 Å². The minimum absolute atomic E-state index is 0.0455. The smallest absolute Gasteiger partial charge is 0.277 e. The molecule has 2 heterocycles. The van der Waals surface area contributed by atoms with Gasteiger partial charge in [-0.15, -0.1) is 6.42 Å². The van der Waals surface area contributed by atoms with Gasteiger partial charge >= 0.3 is 0 Å². The highest BCUT2D eigenvalue weighted by Crippen LogP contribution is 2.24. The number of carbonyl (C=O) groups is 3. The lowest BCUT2D eigenvalue weighted by atomic mass is 9.95. The van der Waals surface area contributed by atoms with E-state index >= 15 is 0 Å². The lowest BCUT2D eigenvalue weighted by molar-refractivity contribution is -0.123. The van der Waals surface area contributed by atoms with E-state index in [0.717, 1.165) is 31.0 Å². The number of nitrogens with one attached hydrogen (secondary N) is 4. The van der Waals surface area contributed by atoms with E-state index in [1.165, 1.54) is 23.6 Å². The third-order valence-electron chi connectivity index (χ3n) is 6.67. The zero-order valence-electron chi connectivity index (χ0n) is 25.4. The molecule has 0 atom stereocenters. The normalized spacial score (nSPS) is 12.6. The van der Waals surface area contributed by atoms with Crippen molar-refractivity contribution in [3.05, 3.63) is 55.1 Å². The molecule has 2 aromatic rings. The molecule has 0 saturated carbocycles. The van der Waals surface area contributed by atoms with Crippen LogP contribution in [0.1, 0.15) is 50.9 Å². The molecule has 1 fully saturated rings. The molecule has 1 saturated heterocycles. The summed E-state index contributed by atoms with van der Waals surface area (Å²) < 4.78 is 1.88. The SMILES string of the molecule is C#CCNC(=O)C(=C=c1sc(=C=CNc2ccc(C(=O)NCCN3CCCC3)c(NC(=O)C(C)(C)C)c2)c(=O)n1CC)C#N. The van der Waals surface area contributed by atoms with E-state index in [4.69, 9.17) is 6.42 Å². The van der Waals surface area contributed by atoms with Gasteiger partial charge in [-0.05, 0) is 51.1 Å². The molecule has 1 aliphatic heterocycles. The Kier molecular flexibility index (Phi) is 11.9. The number of hydrogen-bond acceptors (Lipinski definition) is 8. The van der Waals surface area contributed by atoms with Crippen molar-refractivity contribution in [1.29, 1.82) is 5.26 Å². The summed E-state index contributed by atoms with van der Waals surface area (Å²) in [6.07, 6.45) is 8.93. The van der Waals surface area contributed by atoms with Crippen molar-refractivity contribution in [1.82, 2.24) is 20.1 Å². The van der Waals surface area contributed by atoms with Crippen LogP contribution in [0, 0.1) is 29.1 Å². The van der Waals surface area contributed by atoms with Gasteiger partial charge in [-0.3, -0.25) is 23.7 Å². The number of anilines is 2. The Labute approximate surface area is 260 Å². The molecule has 1 aromatic carbocycles. The lowest BCUT2D eigenvalue weighted by Gasteiger charge is -2.20. The van der Waals surface area contributed by atoms with Crippen molar-refractivity contribution in [2.45, 2.75) is 47.1 Å². The van der Waals surface area contributed by atoms with Gasteiger partial charge in [-0.1, -0.05) is 49.5 Å². The average molecular weight is 616 g/mol. The number of carbonyl (C=O) groups excluding carboxylic acids is 3. The van der Waals surface area contributed by atoms with E-state index in [0.29, 0.717) is 23.5 Å². The van der Waals surface area contributed by atoms with Crippen LogP contribution in [0.25, 0.3) is 11.5 Å². The molecular formula is C32H37N7O4S. The summed E-state index contributed by atoms with van der Waals surface area (Å²) >= 11 is 1.02. The van der Waals surface area contributed by atoms with E-state index in [1.54, 1.807) is 52.0 Å². The highest BCUT2D eigenvalue weighted by Gasteiger charge is 2.23. The summed E-state index contributed by atoms with van der Waals surface area (Å²) in [6, 6.07) is 6.74. The number of likely N-dealkylation sites (tertiary alicyclic amines) is 1. The van der Waals surface area contributed by atoms with E-state index in [2.05, 4.69) is 43.5 Å². The van der Waals surface area contributed by atoms with Crippen LogP contribution in [0.5, 0.6) is 0 Å². The molecule has 0 aliphatic carbocycles. The van der Waals surface area contributed by atoms with Gasteiger partial charge < -0.3 is 26.2 Å². The second-order valence-electron chi connectivity index (χ2n) is 11.0. The van der Waals surface area contributed by atoms with Crippen LogP contribution in [0.15, 0.2) is 34.8 Å². The first-order chi connectivity index (χ1) is 21.0. The summed E-state index contributed by atoms with van der Waals surface area (Å²) in [5.41, 5.74) is 5.49. The van der Waals surface area contributed by atoms with Gasteiger partial charge in [-0.25, -0.2) is 0 Å². The molecule has 3 rings (SSSR count). The van der Waals surface area contributed by atoms with Gasteiger partial charge in [0.2, 0.25) is 5.91 Å². The molecule has 11 nitrogen and oxygen atoms in total. The first-order valence-electron chi connectivity index (χ1n) is 14.3. The zero-order valence-corrected chi connectivity index (χ0v) is 26.2. The first kappa shape index (κ1) is 33.7. The maximum Gasteiger partial charge on any atom is 0.277 e. The van der Waals surface area contributed by atoms with Crippen LogP contribution in [-0.2, 0) is 16.1 Å². The number of amides is 3. The number of hydrogen-bond donors (Lipinski definition) is 4. The Morgan fingerprint density at radius 1 is 1.16 bits per heavy atom. The number of nitrogens with zero attached hydrogens (tertiary/aromatic N) is 3. The molecular weight excluding hydrogens is 578 g/mol. The van der Waals surface area contributed by atoms with E-state index < -0.39 is 11.3 Å². The maximum atomic E-state index is 13.1. The lowest BCUT2D eigenvalue weighted by Crippen LogP contribution is -2.34. The molecule has 0 radical (unpaired) electrons. The van der Waals surface area contributed by atoms with Crippen molar-refractivity contribution in [3.63, 3.8) is 0 Å². The second-order valence-corrected chi connectivity index (χ2v) is 12.0. The summed E-state index contributed by atoms with van der Waals surface area (Å²) in [5.74, 6) is 1.04.